The highest BCUT2D eigenvalue weighted by Gasteiger charge is 2.36. The molecule has 5 nitrogen and oxygen atoms in total. The minimum atomic E-state index is -4.39. The highest BCUT2D eigenvalue weighted by atomic mass is 19.4. The fraction of sp³-hybridized carbons (Fsp3) is 0.440. The number of fused-ring (bicyclic) bond motifs is 1. The maximum atomic E-state index is 13.7. The number of hydrogen-bond donors (Lipinski definition) is 0. The van der Waals surface area contributed by atoms with Crippen molar-refractivity contribution in [2.45, 2.75) is 64.3 Å². The van der Waals surface area contributed by atoms with Crippen LogP contribution < -0.4 is 4.74 Å². The van der Waals surface area contributed by atoms with Gasteiger partial charge in [0.05, 0.1) is 36.0 Å². The Morgan fingerprint density at radius 2 is 1.94 bits per heavy atom. The van der Waals surface area contributed by atoms with Crippen LogP contribution in [-0.4, -0.2) is 22.1 Å². The van der Waals surface area contributed by atoms with Crippen LogP contribution in [0.2, 0.25) is 0 Å². The SMILES string of the molecule is CCOC(=O)CCn1cnc2cc(OCc3ccc(C4CCCC4)c(C(F)(F)F)c3)ccc21. The molecule has 0 atom stereocenters. The second-order valence-electron chi connectivity index (χ2n) is 8.33. The first-order valence-corrected chi connectivity index (χ1v) is 11.3. The van der Waals surface area contributed by atoms with Gasteiger partial charge in [-0.3, -0.25) is 4.79 Å². The van der Waals surface area contributed by atoms with Gasteiger partial charge in [0.2, 0.25) is 0 Å². The molecule has 176 valence electrons. The third-order valence-corrected chi connectivity index (χ3v) is 6.08. The molecule has 0 unspecified atom stereocenters. The number of ether oxygens (including phenoxy) is 2. The predicted octanol–water partition coefficient (Wildman–Crippen LogP) is 6.24. The summed E-state index contributed by atoms with van der Waals surface area (Å²) in [6.07, 6.45) is 1.09. The summed E-state index contributed by atoms with van der Waals surface area (Å²) in [6.45, 7) is 2.59. The van der Waals surface area contributed by atoms with Crippen LogP contribution in [0.3, 0.4) is 0 Å². The van der Waals surface area contributed by atoms with Crippen LogP contribution in [0.4, 0.5) is 13.2 Å². The number of alkyl halides is 3. The molecule has 0 aliphatic heterocycles. The molecule has 0 radical (unpaired) electrons. The van der Waals surface area contributed by atoms with Crippen LogP contribution >= 0.6 is 0 Å². The third-order valence-electron chi connectivity index (χ3n) is 6.08. The molecule has 0 spiro atoms. The molecule has 0 N–H and O–H groups in total. The average Bonchev–Trinajstić information content (AvgIpc) is 3.46. The highest BCUT2D eigenvalue weighted by Crippen LogP contribution is 2.42. The topological polar surface area (TPSA) is 53.4 Å². The van der Waals surface area contributed by atoms with E-state index in [-0.39, 0.29) is 24.9 Å². The first-order valence-electron chi connectivity index (χ1n) is 11.3. The van der Waals surface area contributed by atoms with Crippen molar-refractivity contribution in [2.75, 3.05) is 6.61 Å². The van der Waals surface area contributed by atoms with Crippen LogP contribution in [0.15, 0.2) is 42.7 Å². The number of benzene rings is 2. The number of rotatable bonds is 8. The van der Waals surface area contributed by atoms with Gasteiger partial charge in [-0.2, -0.15) is 13.2 Å². The Hall–Kier alpha value is -3.03. The van der Waals surface area contributed by atoms with Crippen LogP contribution in [0, 0.1) is 0 Å². The molecule has 0 amide bonds. The molecule has 1 aliphatic rings. The Bertz CT molecular complexity index is 1120. The molecular weight excluding hydrogens is 433 g/mol. The number of imidazole rings is 1. The van der Waals surface area contributed by atoms with Gasteiger partial charge in [-0.1, -0.05) is 25.0 Å². The van der Waals surface area contributed by atoms with Crippen LogP contribution in [0.25, 0.3) is 11.0 Å². The normalized spacial score (nSPS) is 14.7. The van der Waals surface area contributed by atoms with Gasteiger partial charge >= 0.3 is 12.1 Å². The van der Waals surface area contributed by atoms with Crippen molar-refractivity contribution < 1.29 is 27.4 Å². The molecule has 1 saturated carbocycles. The smallest absolute Gasteiger partial charge is 0.416 e. The molecule has 1 aromatic heterocycles. The Morgan fingerprint density at radius 3 is 2.67 bits per heavy atom. The number of carbonyl (C=O) groups excluding carboxylic acids is 1. The predicted molar refractivity (Wildman–Crippen MR) is 118 cm³/mol. The standard InChI is InChI=1S/C25H27F3N2O3/c1-2-32-24(31)11-12-30-16-29-22-14-19(8-10-23(22)30)33-15-17-7-9-20(18-5-3-4-6-18)21(13-17)25(26,27)28/h7-10,13-14,16,18H,2-6,11-12,15H2,1H3. The van der Waals surface area contributed by atoms with Crippen LogP contribution in [0.1, 0.15) is 61.6 Å². The second kappa shape index (κ2) is 9.85. The molecule has 8 heteroatoms. The van der Waals surface area contributed by atoms with Gasteiger partial charge in [-0.15, -0.1) is 0 Å². The Kier molecular flexibility index (Phi) is 6.91. The summed E-state index contributed by atoms with van der Waals surface area (Å²) in [4.78, 5) is 15.9. The van der Waals surface area contributed by atoms with E-state index in [2.05, 4.69) is 4.98 Å². The Balaban J connectivity index is 1.45. The summed E-state index contributed by atoms with van der Waals surface area (Å²) in [7, 11) is 0. The lowest BCUT2D eigenvalue weighted by molar-refractivity contribution is -0.143. The van der Waals surface area contributed by atoms with Crippen molar-refractivity contribution >= 4 is 17.0 Å². The molecule has 1 heterocycles. The number of hydrogen-bond acceptors (Lipinski definition) is 4. The van der Waals surface area contributed by atoms with E-state index >= 15 is 0 Å². The number of aromatic nitrogens is 2. The summed E-state index contributed by atoms with van der Waals surface area (Å²) in [6, 6.07) is 9.89. The van der Waals surface area contributed by atoms with E-state index < -0.39 is 11.7 Å². The van der Waals surface area contributed by atoms with Crippen molar-refractivity contribution in [2.24, 2.45) is 0 Å². The zero-order valence-corrected chi connectivity index (χ0v) is 18.5. The summed E-state index contributed by atoms with van der Waals surface area (Å²) in [5.74, 6) is 0.237. The zero-order chi connectivity index (χ0) is 23.4. The largest absolute Gasteiger partial charge is 0.489 e. The summed E-state index contributed by atoms with van der Waals surface area (Å²) in [5.41, 5.74) is 1.85. The molecule has 0 bridgehead atoms. The molecular formula is C25H27F3N2O3. The van der Waals surface area contributed by atoms with E-state index in [4.69, 9.17) is 9.47 Å². The van der Waals surface area contributed by atoms with Crippen LogP contribution in [0.5, 0.6) is 5.75 Å². The minimum Gasteiger partial charge on any atom is -0.489 e. The fourth-order valence-electron chi connectivity index (χ4n) is 4.45. The lowest BCUT2D eigenvalue weighted by Gasteiger charge is -2.19. The van der Waals surface area contributed by atoms with E-state index in [1.165, 1.54) is 6.07 Å². The molecule has 4 rings (SSSR count). The number of carbonyl (C=O) groups is 1. The van der Waals surface area contributed by atoms with Crippen molar-refractivity contribution in [3.8, 4) is 5.75 Å². The van der Waals surface area contributed by atoms with E-state index in [9.17, 15) is 18.0 Å². The van der Waals surface area contributed by atoms with E-state index in [1.807, 2.05) is 10.6 Å². The molecule has 1 aliphatic carbocycles. The minimum absolute atomic E-state index is 0.0158. The molecule has 2 aromatic carbocycles. The summed E-state index contributed by atoms with van der Waals surface area (Å²) in [5, 5.41) is 0. The molecule has 0 saturated heterocycles. The van der Waals surface area contributed by atoms with Crippen molar-refractivity contribution in [1.29, 1.82) is 0 Å². The summed E-state index contributed by atoms with van der Waals surface area (Å²) >= 11 is 0. The first-order chi connectivity index (χ1) is 15.8. The quantitative estimate of drug-likeness (QED) is 0.373. The van der Waals surface area contributed by atoms with Crippen LogP contribution in [-0.2, 0) is 28.9 Å². The van der Waals surface area contributed by atoms with Gasteiger partial charge in [0.15, 0.2) is 0 Å². The fourth-order valence-corrected chi connectivity index (χ4v) is 4.45. The summed E-state index contributed by atoms with van der Waals surface area (Å²) < 4.78 is 53.7. The molecule has 3 aromatic rings. The average molecular weight is 460 g/mol. The molecule has 1 fully saturated rings. The van der Waals surface area contributed by atoms with Crippen molar-refractivity contribution in [3.63, 3.8) is 0 Å². The highest BCUT2D eigenvalue weighted by molar-refractivity contribution is 5.77. The number of nitrogens with zero attached hydrogens (tertiary/aromatic N) is 2. The maximum absolute atomic E-state index is 13.7. The maximum Gasteiger partial charge on any atom is 0.416 e. The van der Waals surface area contributed by atoms with Gasteiger partial charge in [0.25, 0.3) is 0 Å². The lowest BCUT2D eigenvalue weighted by atomic mass is 9.91. The third kappa shape index (κ3) is 5.49. The van der Waals surface area contributed by atoms with Gasteiger partial charge in [0.1, 0.15) is 12.4 Å². The van der Waals surface area contributed by atoms with E-state index in [1.54, 1.807) is 37.5 Å². The monoisotopic (exact) mass is 460 g/mol. The number of halogens is 3. The first kappa shape index (κ1) is 23.1. The van der Waals surface area contributed by atoms with E-state index in [0.29, 0.717) is 35.5 Å². The number of aryl methyl sites for hydroxylation is 1. The van der Waals surface area contributed by atoms with Gasteiger partial charge in [0, 0.05) is 12.6 Å². The van der Waals surface area contributed by atoms with Crippen molar-refractivity contribution in [1.82, 2.24) is 9.55 Å². The zero-order valence-electron chi connectivity index (χ0n) is 18.5. The Labute approximate surface area is 190 Å². The lowest BCUT2D eigenvalue weighted by Crippen LogP contribution is -2.12. The van der Waals surface area contributed by atoms with Gasteiger partial charge < -0.3 is 14.0 Å². The Morgan fingerprint density at radius 1 is 1.15 bits per heavy atom. The second-order valence-corrected chi connectivity index (χ2v) is 8.33. The van der Waals surface area contributed by atoms with Gasteiger partial charge in [-0.05, 0) is 55.0 Å². The van der Waals surface area contributed by atoms with E-state index in [0.717, 1.165) is 31.2 Å². The number of esters is 1. The van der Waals surface area contributed by atoms with Gasteiger partial charge in [-0.25, -0.2) is 4.98 Å². The molecule has 33 heavy (non-hydrogen) atoms. The van der Waals surface area contributed by atoms with Crippen molar-refractivity contribution in [3.05, 3.63) is 59.4 Å².